The maximum Gasteiger partial charge on any atom is 0.416 e. The van der Waals surface area contributed by atoms with Gasteiger partial charge in [0.1, 0.15) is 6.61 Å². The van der Waals surface area contributed by atoms with Crippen molar-refractivity contribution in [2.75, 3.05) is 6.61 Å². The first kappa shape index (κ1) is 21.5. The first-order valence-corrected chi connectivity index (χ1v) is 8.85. The van der Waals surface area contributed by atoms with Crippen molar-refractivity contribution in [1.82, 2.24) is 0 Å². The van der Waals surface area contributed by atoms with Crippen LogP contribution in [0.5, 0.6) is 0 Å². The zero-order chi connectivity index (χ0) is 20.6. The van der Waals surface area contributed by atoms with E-state index < -0.39 is 29.6 Å². The van der Waals surface area contributed by atoms with Crippen LogP contribution in [0.15, 0.2) is 54.6 Å². The van der Waals surface area contributed by atoms with Crippen molar-refractivity contribution in [3.05, 3.63) is 71.3 Å². The van der Waals surface area contributed by atoms with Crippen molar-refractivity contribution in [2.45, 2.75) is 38.5 Å². The minimum atomic E-state index is -4.62. The van der Waals surface area contributed by atoms with Crippen LogP contribution < -0.4 is 0 Å². The number of alkyl halides is 3. The lowest BCUT2D eigenvalue weighted by atomic mass is 9.90. The van der Waals surface area contributed by atoms with Gasteiger partial charge < -0.3 is 9.47 Å². The van der Waals surface area contributed by atoms with Gasteiger partial charge in [0.25, 0.3) is 0 Å². The van der Waals surface area contributed by atoms with E-state index >= 15 is 0 Å². The lowest BCUT2D eigenvalue weighted by molar-refractivity contribution is -0.147. The van der Waals surface area contributed by atoms with Crippen LogP contribution in [0, 0.1) is 0 Å². The maximum absolute atomic E-state index is 13.3. The number of carbonyl (C=O) groups excluding carboxylic acids is 2. The summed E-state index contributed by atoms with van der Waals surface area (Å²) in [6.07, 6.45) is -4.96. The minimum Gasteiger partial charge on any atom is -0.466 e. The summed E-state index contributed by atoms with van der Waals surface area (Å²) in [6.45, 7) is 1.66. The van der Waals surface area contributed by atoms with Crippen LogP contribution in [0.1, 0.15) is 42.4 Å². The quantitative estimate of drug-likeness (QED) is 0.599. The predicted molar refractivity (Wildman–Crippen MR) is 96.3 cm³/mol. The van der Waals surface area contributed by atoms with Crippen LogP contribution in [-0.4, -0.2) is 18.5 Å². The molecule has 0 amide bonds. The third-order valence-corrected chi connectivity index (χ3v) is 4.09. The van der Waals surface area contributed by atoms with Gasteiger partial charge in [0, 0.05) is 6.42 Å². The topological polar surface area (TPSA) is 52.6 Å². The SMILES string of the molecule is CCOC(=O)C(CCC(=O)OCc1ccccc1)c1ccccc1C(F)(F)F. The number of carbonyl (C=O) groups is 2. The molecule has 0 fully saturated rings. The molecule has 0 bridgehead atoms. The van der Waals surface area contributed by atoms with Crippen LogP contribution in [-0.2, 0) is 31.8 Å². The van der Waals surface area contributed by atoms with Crippen molar-refractivity contribution in [3.8, 4) is 0 Å². The summed E-state index contributed by atoms with van der Waals surface area (Å²) in [6, 6.07) is 13.8. The molecule has 0 aliphatic carbocycles. The van der Waals surface area contributed by atoms with Gasteiger partial charge >= 0.3 is 18.1 Å². The number of benzene rings is 2. The fourth-order valence-electron chi connectivity index (χ4n) is 2.77. The van der Waals surface area contributed by atoms with Gasteiger partial charge in [0.2, 0.25) is 0 Å². The summed E-state index contributed by atoms with van der Waals surface area (Å²) in [5.74, 6) is -2.60. The molecule has 7 heteroatoms. The molecular formula is C21H21F3O4. The highest BCUT2D eigenvalue weighted by molar-refractivity contribution is 5.80. The highest BCUT2D eigenvalue weighted by Gasteiger charge is 2.37. The van der Waals surface area contributed by atoms with E-state index in [2.05, 4.69) is 0 Å². The third-order valence-electron chi connectivity index (χ3n) is 4.09. The van der Waals surface area contributed by atoms with Crippen molar-refractivity contribution in [1.29, 1.82) is 0 Å². The largest absolute Gasteiger partial charge is 0.466 e. The highest BCUT2D eigenvalue weighted by Crippen LogP contribution is 2.37. The van der Waals surface area contributed by atoms with Crippen LogP contribution in [0.2, 0.25) is 0 Å². The van der Waals surface area contributed by atoms with Gasteiger partial charge in [-0.15, -0.1) is 0 Å². The lowest BCUT2D eigenvalue weighted by Crippen LogP contribution is -2.21. The Morgan fingerprint density at radius 2 is 1.61 bits per heavy atom. The van der Waals surface area contributed by atoms with Crippen LogP contribution in [0.25, 0.3) is 0 Å². The Hall–Kier alpha value is -2.83. The van der Waals surface area contributed by atoms with E-state index in [1.807, 2.05) is 6.07 Å². The van der Waals surface area contributed by atoms with E-state index in [1.165, 1.54) is 18.2 Å². The average molecular weight is 394 g/mol. The number of halogens is 3. The van der Waals surface area contributed by atoms with Crippen LogP contribution in [0.4, 0.5) is 13.2 Å². The first-order valence-electron chi connectivity index (χ1n) is 8.85. The Kier molecular flexibility index (Phi) is 7.61. The van der Waals surface area contributed by atoms with Crippen molar-refractivity contribution < 1.29 is 32.2 Å². The van der Waals surface area contributed by atoms with E-state index in [0.29, 0.717) is 0 Å². The Bertz CT molecular complexity index is 788. The molecule has 2 aromatic rings. The Balaban J connectivity index is 2.10. The number of ether oxygens (including phenoxy) is 2. The maximum atomic E-state index is 13.3. The molecule has 4 nitrogen and oxygen atoms in total. The molecule has 1 atom stereocenters. The molecule has 0 radical (unpaired) electrons. The summed E-state index contributed by atoms with van der Waals surface area (Å²) in [5.41, 5.74) is -0.324. The monoisotopic (exact) mass is 394 g/mol. The molecule has 2 aromatic carbocycles. The van der Waals surface area contributed by atoms with Gasteiger partial charge in [-0.1, -0.05) is 48.5 Å². The summed E-state index contributed by atoms with van der Waals surface area (Å²) in [4.78, 5) is 24.3. The Morgan fingerprint density at radius 1 is 0.964 bits per heavy atom. The Morgan fingerprint density at radius 3 is 2.25 bits per heavy atom. The highest BCUT2D eigenvalue weighted by atomic mass is 19.4. The lowest BCUT2D eigenvalue weighted by Gasteiger charge is -2.20. The fourth-order valence-corrected chi connectivity index (χ4v) is 2.77. The van der Waals surface area contributed by atoms with Crippen molar-refractivity contribution in [3.63, 3.8) is 0 Å². The predicted octanol–water partition coefficient (Wildman–Crippen LogP) is 4.88. The summed E-state index contributed by atoms with van der Waals surface area (Å²) in [7, 11) is 0. The number of hydrogen-bond donors (Lipinski definition) is 0. The second-order valence-corrected chi connectivity index (χ2v) is 6.07. The van der Waals surface area contributed by atoms with Crippen LogP contribution in [0.3, 0.4) is 0 Å². The van der Waals surface area contributed by atoms with Gasteiger partial charge in [-0.25, -0.2) is 0 Å². The molecule has 0 aliphatic heterocycles. The zero-order valence-corrected chi connectivity index (χ0v) is 15.4. The van der Waals surface area contributed by atoms with E-state index in [9.17, 15) is 22.8 Å². The Labute approximate surface area is 161 Å². The van der Waals surface area contributed by atoms with E-state index in [1.54, 1.807) is 31.2 Å². The summed E-state index contributed by atoms with van der Waals surface area (Å²) < 4.78 is 50.0. The smallest absolute Gasteiger partial charge is 0.416 e. The van der Waals surface area contributed by atoms with E-state index in [0.717, 1.165) is 11.6 Å². The molecule has 28 heavy (non-hydrogen) atoms. The number of hydrogen-bond acceptors (Lipinski definition) is 4. The van der Waals surface area contributed by atoms with Gasteiger partial charge in [-0.05, 0) is 30.5 Å². The molecule has 150 valence electrons. The van der Waals surface area contributed by atoms with Crippen molar-refractivity contribution in [2.24, 2.45) is 0 Å². The normalized spacial score (nSPS) is 12.3. The summed E-state index contributed by atoms with van der Waals surface area (Å²) in [5, 5.41) is 0. The van der Waals surface area contributed by atoms with E-state index in [-0.39, 0.29) is 31.6 Å². The minimum absolute atomic E-state index is 0.0297. The second kappa shape index (κ2) is 9.92. The molecule has 1 unspecified atom stereocenters. The third kappa shape index (κ3) is 6.11. The van der Waals surface area contributed by atoms with Gasteiger partial charge in [-0.3, -0.25) is 9.59 Å². The van der Waals surface area contributed by atoms with E-state index in [4.69, 9.17) is 9.47 Å². The molecular weight excluding hydrogens is 373 g/mol. The van der Waals surface area contributed by atoms with Crippen molar-refractivity contribution >= 4 is 11.9 Å². The van der Waals surface area contributed by atoms with Gasteiger partial charge in [0.05, 0.1) is 18.1 Å². The number of esters is 2. The molecule has 0 aliphatic rings. The molecule has 0 heterocycles. The molecule has 2 rings (SSSR count). The standard InChI is InChI=1S/C21H21F3O4/c1-2-27-20(26)17(16-10-6-7-11-18(16)21(22,23)24)12-13-19(25)28-14-15-8-4-3-5-9-15/h3-11,17H,2,12-14H2,1H3. The van der Waals surface area contributed by atoms with Gasteiger partial charge in [-0.2, -0.15) is 13.2 Å². The molecule has 0 N–H and O–H groups in total. The summed E-state index contributed by atoms with van der Waals surface area (Å²) >= 11 is 0. The molecule has 0 spiro atoms. The second-order valence-electron chi connectivity index (χ2n) is 6.07. The fraction of sp³-hybridized carbons (Fsp3) is 0.333. The zero-order valence-electron chi connectivity index (χ0n) is 15.4. The number of rotatable bonds is 8. The van der Waals surface area contributed by atoms with Crippen LogP contribution >= 0.6 is 0 Å². The molecule has 0 aromatic heterocycles. The molecule has 0 saturated heterocycles. The molecule has 0 saturated carbocycles. The van der Waals surface area contributed by atoms with Gasteiger partial charge in [0.15, 0.2) is 0 Å². The average Bonchev–Trinajstić information content (AvgIpc) is 2.67. The first-order chi connectivity index (χ1) is 13.3.